The molecule has 4 rings (SSSR count). The number of halogens is 1. The van der Waals surface area contributed by atoms with Gasteiger partial charge in [-0.3, -0.25) is 0 Å². The van der Waals surface area contributed by atoms with Crippen LogP contribution in [0.2, 0.25) is 5.02 Å². The summed E-state index contributed by atoms with van der Waals surface area (Å²) in [6.07, 6.45) is 1.95. The molecule has 2 N–H and O–H groups in total. The van der Waals surface area contributed by atoms with Crippen molar-refractivity contribution in [2.75, 3.05) is 13.2 Å². The van der Waals surface area contributed by atoms with Gasteiger partial charge in [-0.25, -0.2) is 4.79 Å². The lowest BCUT2D eigenvalue weighted by Gasteiger charge is -2.27. The van der Waals surface area contributed by atoms with E-state index in [1.54, 1.807) is 36.4 Å². The normalized spacial score (nSPS) is 14.3. The van der Waals surface area contributed by atoms with E-state index in [9.17, 15) is 10.1 Å². The molecule has 8 heteroatoms. The number of nitriles is 1. The minimum absolute atomic E-state index is 0.0143. The van der Waals surface area contributed by atoms with Crippen molar-refractivity contribution in [2.24, 2.45) is 5.73 Å². The number of fused-ring (bicyclic) bond motifs is 1. The Morgan fingerprint density at radius 1 is 1.08 bits per heavy atom. The Morgan fingerprint density at radius 3 is 2.65 bits per heavy atom. The van der Waals surface area contributed by atoms with Gasteiger partial charge in [-0.05, 0) is 55.3 Å². The number of nitrogens with zero attached hydrogens (tertiary/aromatic N) is 1. The molecule has 0 saturated carbocycles. The topological polar surface area (TPSA) is 104 Å². The minimum atomic E-state index is -0.559. The zero-order valence-electron chi connectivity index (χ0n) is 20.6. The Balaban J connectivity index is 1.68. The summed E-state index contributed by atoms with van der Waals surface area (Å²) in [6, 6.07) is 19.3. The molecule has 1 unspecified atom stereocenters. The molecule has 190 valence electrons. The molecule has 0 radical (unpaired) electrons. The third-order valence-corrected chi connectivity index (χ3v) is 6.05. The first-order valence-corrected chi connectivity index (χ1v) is 12.4. The number of ether oxygens (including phenoxy) is 4. The third kappa shape index (κ3) is 5.82. The van der Waals surface area contributed by atoms with Gasteiger partial charge in [0.1, 0.15) is 23.1 Å². The van der Waals surface area contributed by atoms with Crippen LogP contribution in [0.5, 0.6) is 23.0 Å². The lowest BCUT2D eigenvalue weighted by Crippen LogP contribution is -2.21. The number of benzene rings is 3. The summed E-state index contributed by atoms with van der Waals surface area (Å²) in [5.41, 5.74) is 8.25. The predicted molar refractivity (Wildman–Crippen MR) is 140 cm³/mol. The summed E-state index contributed by atoms with van der Waals surface area (Å²) in [5, 5.41) is 10.3. The number of hydrogen-bond donors (Lipinski definition) is 1. The highest BCUT2D eigenvalue weighted by molar-refractivity contribution is 6.30. The van der Waals surface area contributed by atoms with Gasteiger partial charge in [-0.2, -0.15) is 5.26 Å². The Labute approximate surface area is 221 Å². The van der Waals surface area contributed by atoms with Crippen LogP contribution in [0, 0.1) is 11.3 Å². The smallest absolute Gasteiger partial charge is 0.343 e. The van der Waals surface area contributed by atoms with Gasteiger partial charge in [0.05, 0.1) is 24.7 Å². The average molecular weight is 519 g/mol. The fourth-order valence-electron chi connectivity index (χ4n) is 4.04. The van der Waals surface area contributed by atoms with Crippen molar-refractivity contribution in [3.05, 3.63) is 93.8 Å². The highest BCUT2D eigenvalue weighted by Crippen LogP contribution is 2.45. The summed E-state index contributed by atoms with van der Waals surface area (Å²) in [7, 11) is 0. The fraction of sp³-hybridized carbons (Fsp3) is 0.241. The molecule has 0 saturated heterocycles. The van der Waals surface area contributed by atoms with Crippen molar-refractivity contribution in [1.82, 2.24) is 0 Å². The summed E-state index contributed by atoms with van der Waals surface area (Å²) < 4.78 is 23.0. The van der Waals surface area contributed by atoms with Gasteiger partial charge in [0.2, 0.25) is 5.88 Å². The van der Waals surface area contributed by atoms with E-state index in [0.29, 0.717) is 46.6 Å². The molecule has 0 aromatic heterocycles. The molecule has 1 atom stereocenters. The largest absolute Gasteiger partial charge is 0.490 e. The maximum absolute atomic E-state index is 12.6. The van der Waals surface area contributed by atoms with Gasteiger partial charge in [-0.15, -0.1) is 0 Å². The van der Waals surface area contributed by atoms with Gasteiger partial charge in [-0.1, -0.05) is 43.1 Å². The Bertz CT molecular complexity index is 1380. The van der Waals surface area contributed by atoms with Crippen molar-refractivity contribution in [1.29, 1.82) is 5.26 Å². The summed E-state index contributed by atoms with van der Waals surface area (Å²) in [4.78, 5) is 12.6. The number of esters is 1. The second-order valence-electron chi connectivity index (χ2n) is 8.37. The first kappa shape index (κ1) is 25.9. The van der Waals surface area contributed by atoms with Gasteiger partial charge in [0, 0.05) is 16.7 Å². The lowest BCUT2D eigenvalue weighted by atomic mass is 9.83. The van der Waals surface area contributed by atoms with Crippen LogP contribution in [0.4, 0.5) is 0 Å². The maximum Gasteiger partial charge on any atom is 0.343 e. The molecular weight excluding hydrogens is 492 g/mol. The van der Waals surface area contributed by atoms with Crippen molar-refractivity contribution in [2.45, 2.75) is 32.6 Å². The van der Waals surface area contributed by atoms with Crippen LogP contribution in [0.1, 0.15) is 54.1 Å². The van der Waals surface area contributed by atoms with Crippen molar-refractivity contribution >= 4 is 17.6 Å². The van der Waals surface area contributed by atoms with E-state index in [-0.39, 0.29) is 17.2 Å². The van der Waals surface area contributed by atoms with E-state index in [0.717, 1.165) is 18.4 Å². The molecule has 0 amide bonds. The average Bonchev–Trinajstić information content (AvgIpc) is 2.89. The molecule has 1 aliphatic heterocycles. The zero-order chi connectivity index (χ0) is 26.4. The molecule has 7 nitrogen and oxygen atoms in total. The number of hydrogen-bond acceptors (Lipinski definition) is 7. The second kappa shape index (κ2) is 11.7. The van der Waals surface area contributed by atoms with E-state index in [4.69, 9.17) is 36.3 Å². The van der Waals surface area contributed by atoms with E-state index in [1.807, 2.05) is 25.1 Å². The minimum Gasteiger partial charge on any atom is -0.490 e. The molecule has 0 aliphatic carbocycles. The third-order valence-electron chi connectivity index (χ3n) is 5.82. The Hall–Kier alpha value is -4.15. The molecule has 37 heavy (non-hydrogen) atoms. The van der Waals surface area contributed by atoms with Gasteiger partial charge in [0.15, 0.2) is 11.5 Å². The molecule has 0 bridgehead atoms. The molecule has 1 heterocycles. The number of nitrogens with two attached hydrogens (primary N) is 1. The van der Waals surface area contributed by atoms with Gasteiger partial charge >= 0.3 is 5.97 Å². The molecular formula is C29H27ClN2O5. The van der Waals surface area contributed by atoms with E-state index in [1.165, 1.54) is 6.07 Å². The van der Waals surface area contributed by atoms with Crippen LogP contribution in [0.25, 0.3) is 0 Å². The molecule has 0 fully saturated rings. The van der Waals surface area contributed by atoms with Crippen LogP contribution < -0.4 is 24.7 Å². The highest BCUT2D eigenvalue weighted by atomic mass is 35.5. The van der Waals surface area contributed by atoms with Crippen LogP contribution >= 0.6 is 11.6 Å². The first-order valence-electron chi connectivity index (χ1n) is 12.0. The fourth-order valence-corrected chi connectivity index (χ4v) is 4.23. The SMILES string of the molecule is CCCCOc1ccc(C2C(C#N)=C(N)Oc3cc(OC(=O)c4cccc(Cl)c4)ccc32)cc1OCC. The number of rotatable bonds is 9. The van der Waals surface area contributed by atoms with Crippen LogP contribution in [0.15, 0.2) is 72.1 Å². The van der Waals surface area contributed by atoms with Crippen molar-refractivity contribution < 1.29 is 23.7 Å². The number of allylic oxidation sites excluding steroid dienone is 1. The monoisotopic (exact) mass is 518 g/mol. The summed E-state index contributed by atoms with van der Waals surface area (Å²) >= 11 is 5.99. The molecule has 3 aromatic rings. The van der Waals surface area contributed by atoms with Gasteiger partial charge < -0.3 is 24.7 Å². The van der Waals surface area contributed by atoms with E-state index in [2.05, 4.69) is 13.0 Å². The van der Waals surface area contributed by atoms with Gasteiger partial charge in [0.25, 0.3) is 0 Å². The Morgan fingerprint density at radius 2 is 1.92 bits per heavy atom. The number of carbonyl (C=O) groups is 1. The first-order chi connectivity index (χ1) is 17.9. The van der Waals surface area contributed by atoms with Crippen LogP contribution in [-0.2, 0) is 0 Å². The summed E-state index contributed by atoms with van der Waals surface area (Å²) in [6.45, 7) is 5.05. The molecule has 1 aliphatic rings. The van der Waals surface area contributed by atoms with Crippen molar-refractivity contribution in [3.63, 3.8) is 0 Å². The zero-order valence-corrected chi connectivity index (χ0v) is 21.4. The lowest BCUT2D eigenvalue weighted by molar-refractivity contribution is 0.0734. The standard InChI is InChI=1S/C29H27ClN2O5/c1-3-5-13-35-24-12-9-18(15-26(24)34-4-2)27-22-11-10-21(16-25(22)37-28(32)23(27)17-31)36-29(33)19-7-6-8-20(30)14-19/h6-12,14-16,27H,3-5,13,32H2,1-2H3. The Kier molecular flexibility index (Phi) is 8.22. The summed E-state index contributed by atoms with van der Waals surface area (Å²) in [5.74, 6) is 0.813. The second-order valence-corrected chi connectivity index (χ2v) is 8.80. The predicted octanol–water partition coefficient (Wildman–Crippen LogP) is 6.35. The van der Waals surface area contributed by atoms with Crippen LogP contribution in [0.3, 0.4) is 0 Å². The van der Waals surface area contributed by atoms with Crippen molar-refractivity contribution in [3.8, 4) is 29.1 Å². The maximum atomic E-state index is 12.6. The van der Waals surface area contributed by atoms with E-state index < -0.39 is 11.9 Å². The van der Waals surface area contributed by atoms with E-state index >= 15 is 0 Å². The number of carbonyl (C=O) groups excluding carboxylic acids is 1. The van der Waals surface area contributed by atoms with Crippen LogP contribution in [-0.4, -0.2) is 19.2 Å². The molecule has 0 spiro atoms. The number of unbranched alkanes of at least 4 members (excludes halogenated alkanes) is 1. The highest BCUT2D eigenvalue weighted by Gasteiger charge is 2.32. The quantitative estimate of drug-likeness (QED) is 0.200. The molecule has 3 aromatic carbocycles.